The van der Waals surface area contributed by atoms with Crippen LogP contribution in [0.3, 0.4) is 0 Å². The molecule has 0 aliphatic carbocycles. The molecule has 1 atom stereocenters. The van der Waals surface area contributed by atoms with Crippen molar-refractivity contribution in [1.82, 2.24) is 4.98 Å². The Hall–Kier alpha value is -3.38. The minimum absolute atomic E-state index is 0.248. The van der Waals surface area contributed by atoms with Crippen molar-refractivity contribution in [3.05, 3.63) is 71.5 Å². The number of ether oxygens (including phenoxy) is 2. The minimum Gasteiger partial charge on any atom is -0.479 e. The highest BCUT2D eigenvalue weighted by Gasteiger charge is 2.36. The first-order valence-corrected chi connectivity index (χ1v) is 13.3. The quantitative estimate of drug-likeness (QED) is 0.346. The van der Waals surface area contributed by atoms with E-state index in [0.29, 0.717) is 11.3 Å². The highest BCUT2D eigenvalue weighted by molar-refractivity contribution is 5.88. The predicted octanol–water partition coefficient (Wildman–Crippen LogP) is 7.72. The fraction of sp³-hybridized carbons (Fsp3) is 0.438. The van der Waals surface area contributed by atoms with E-state index in [1.165, 1.54) is 0 Å². The molecular formula is C32H40N2O4. The van der Waals surface area contributed by atoms with Gasteiger partial charge in [-0.05, 0) is 82.7 Å². The third kappa shape index (κ3) is 6.36. The summed E-state index contributed by atoms with van der Waals surface area (Å²) in [4.78, 5) is 19.8. The van der Waals surface area contributed by atoms with Gasteiger partial charge in [-0.1, -0.05) is 44.2 Å². The number of anilines is 1. The molecule has 0 saturated carbocycles. The molecule has 1 aromatic heterocycles. The van der Waals surface area contributed by atoms with Crippen molar-refractivity contribution in [3.63, 3.8) is 0 Å². The number of rotatable bonds is 7. The summed E-state index contributed by atoms with van der Waals surface area (Å²) in [6.07, 6.45) is 0.912. The highest BCUT2D eigenvalue weighted by Crippen LogP contribution is 2.45. The molecule has 3 aromatic rings. The smallest absolute Gasteiger partial charge is 0.337 e. The van der Waals surface area contributed by atoms with Gasteiger partial charge in [0.1, 0.15) is 11.5 Å². The molecule has 1 N–H and O–H groups in total. The summed E-state index contributed by atoms with van der Waals surface area (Å²) >= 11 is 0. The van der Waals surface area contributed by atoms with E-state index in [0.717, 1.165) is 59.9 Å². The molecule has 0 bridgehead atoms. The molecule has 4 rings (SSSR count). The molecular weight excluding hydrogens is 476 g/mol. The van der Waals surface area contributed by atoms with Crippen LogP contribution < -0.4 is 9.64 Å². The molecule has 1 saturated heterocycles. The van der Waals surface area contributed by atoms with Gasteiger partial charge in [0.15, 0.2) is 6.10 Å². The maximum absolute atomic E-state index is 12.6. The van der Waals surface area contributed by atoms with Gasteiger partial charge in [0, 0.05) is 35.6 Å². The third-order valence-corrected chi connectivity index (χ3v) is 7.09. The zero-order chi connectivity index (χ0) is 27.7. The van der Waals surface area contributed by atoms with Gasteiger partial charge in [0.05, 0.1) is 11.3 Å². The second-order valence-corrected chi connectivity index (χ2v) is 12.0. The van der Waals surface area contributed by atoms with E-state index in [4.69, 9.17) is 14.5 Å². The molecule has 202 valence electrons. The number of hydrogen-bond donors (Lipinski definition) is 1. The lowest BCUT2D eigenvalue weighted by Crippen LogP contribution is -2.39. The number of nitrogens with zero attached hydrogens (tertiary/aromatic N) is 2. The Bertz CT molecular complexity index is 1270. The van der Waals surface area contributed by atoms with Crippen LogP contribution >= 0.6 is 0 Å². The van der Waals surface area contributed by atoms with Crippen molar-refractivity contribution < 1.29 is 19.4 Å². The molecule has 2 heterocycles. The Morgan fingerprint density at radius 3 is 2.08 bits per heavy atom. The average Bonchev–Trinajstić information content (AvgIpc) is 2.83. The number of hydrogen-bond acceptors (Lipinski definition) is 5. The zero-order valence-corrected chi connectivity index (χ0v) is 23.7. The molecule has 1 fully saturated rings. The van der Waals surface area contributed by atoms with Crippen LogP contribution in [0.15, 0.2) is 54.6 Å². The van der Waals surface area contributed by atoms with Gasteiger partial charge in [-0.25, -0.2) is 4.79 Å². The maximum Gasteiger partial charge on any atom is 0.337 e. The maximum atomic E-state index is 12.6. The summed E-state index contributed by atoms with van der Waals surface area (Å²) in [5, 5.41) is 10.3. The Morgan fingerprint density at radius 1 is 0.947 bits per heavy atom. The fourth-order valence-corrected chi connectivity index (χ4v) is 5.07. The van der Waals surface area contributed by atoms with E-state index in [-0.39, 0.29) is 5.41 Å². The summed E-state index contributed by atoms with van der Waals surface area (Å²) < 4.78 is 12.2. The van der Waals surface area contributed by atoms with Gasteiger partial charge in [0.2, 0.25) is 0 Å². The number of benzene rings is 2. The minimum atomic E-state index is -1.13. The molecule has 1 aliphatic rings. The molecule has 0 amide bonds. The number of carbonyl (C=O) groups is 1. The van der Waals surface area contributed by atoms with Crippen molar-refractivity contribution in [2.75, 3.05) is 18.0 Å². The number of aryl methyl sites for hydroxylation is 2. The summed E-state index contributed by atoms with van der Waals surface area (Å²) in [6, 6.07) is 17.6. The standard InChI is InChI=1S/C32H40N2O4/c1-21-26(23-13-15-25(16-14-23)37-24-11-9-8-10-12-24)28(34-19-17-32(6,7)18-20-34)27(22(2)33-21)29(30(35)36)38-31(3,4)5/h8-16,29H,17-20H2,1-7H3,(H,35,36). The van der Waals surface area contributed by atoms with Crippen molar-refractivity contribution in [3.8, 4) is 22.6 Å². The number of para-hydroxylation sites is 1. The van der Waals surface area contributed by atoms with Crippen LogP contribution in [0.4, 0.5) is 5.69 Å². The van der Waals surface area contributed by atoms with Gasteiger partial charge in [0.25, 0.3) is 0 Å². The Balaban J connectivity index is 1.85. The highest BCUT2D eigenvalue weighted by atomic mass is 16.5. The van der Waals surface area contributed by atoms with E-state index >= 15 is 0 Å². The van der Waals surface area contributed by atoms with Crippen molar-refractivity contribution in [2.24, 2.45) is 5.41 Å². The largest absolute Gasteiger partial charge is 0.479 e. The normalized spacial score (nSPS) is 16.2. The second-order valence-electron chi connectivity index (χ2n) is 12.0. The third-order valence-electron chi connectivity index (χ3n) is 7.09. The van der Waals surface area contributed by atoms with Gasteiger partial charge in [-0.3, -0.25) is 4.98 Å². The van der Waals surface area contributed by atoms with Crippen LogP contribution in [-0.4, -0.2) is 34.8 Å². The lowest BCUT2D eigenvalue weighted by molar-refractivity contribution is -0.160. The lowest BCUT2D eigenvalue weighted by Gasteiger charge is -2.41. The van der Waals surface area contributed by atoms with Crippen LogP contribution in [0.25, 0.3) is 11.1 Å². The first-order valence-electron chi connectivity index (χ1n) is 13.3. The number of pyridine rings is 1. The lowest BCUT2D eigenvalue weighted by atomic mass is 9.82. The first-order chi connectivity index (χ1) is 17.8. The Morgan fingerprint density at radius 2 is 1.53 bits per heavy atom. The zero-order valence-electron chi connectivity index (χ0n) is 23.7. The summed E-state index contributed by atoms with van der Waals surface area (Å²) in [6.45, 7) is 15.8. The number of aromatic nitrogens is 1. The van der Waals surface area contributed by atoms with Crippen LogP contribution in [0.5, 0.6) is 11.5 Å². The number of piperidine rings is 1. The van der Waals surface area contributed by atoms with Crippen LogP contribution in [0, 0.1) is 19.3 Å². The van der Waals surface area contributed by atoms with E-state index < -0.39 is 17.7 Å². The van der Waals surface area contributed by atoms with Crippen LogP contribution in [0.2, 0.25) is 0 Å². The number of carboxylic acids is 1. The predicted molar refractivity (Wildman–Crippen MR) is 152 cm³/mol. The summed E-state index contributed by atoms with van der Waals surface area (Å²) in [5.74, 6) is 0.499. The Kier molecular flexibility index (Phi) is 7.84. The molecule has 1 unspecified atom stereocenters. The van der Waals surface area contributed by atoms with Crippen molar-refractivity contribution in [1.29, 1.82) is 0 Å². The van der Waals surface area contributed by atoms with Gasteiger partial charge in [-0.15, -0.1) is 0 Å². The van der Waals surface area contributed by atoms with Crippen LogP contribution in [0.1, 0.15) is 70.5 Å². The fourth-order valence-electron chi connectivity index (χ4n) is 5.07. The molecule has 38 heavy (non-hydrogen) atoms. The topological polar surface area (TPSA) is 71.9 Å². The summed E-state index contributed by atoms with van der Waals surface area (Å²) in [5.41, 5.74) is 4.62. The van der Waals surface area contributed by atoms with E-state index in [2.05, 4.69) is 18.7 Å². The van der Waals surface area contributed by atoms with Gasteiger partial charge in [-0.2, -0.15) is 0 Å². The van der Waals surface area contributed by atoms with Gasteiger partial charge >= 0.3 is 5.97 Å². The SMILES string of the molecule is Cc1nc(C)c(C(OC(C)(C)C)C(=O)O)c(N2CCC(C)(C)CC2)c1-c1ccc(Oc2ccccc2)cc1. The van der Waals surface area contributed by atoms with Crippen LogP contribution in [-0.2, 0) is 9.53 Å². The Labute approximate surface area is 226 Å². The van der Waals surface area contributed by atoms with E-state index in [9.17, 15) is 9.90 Å². The monoisotopic (exact) mass is 516 g/mol. The van der Waals surface area contributed by atoms with Crippen molar-refractivity contribution in [2.45, 2.75) is 73.0 Å². The van der Waals surface area contributed by atoms with Crippen molar-refractivity contribution >= 4 is 11.7 Å². The second kappa shape index (κ2) is 10.8. The van der Waals surface area contributed by atoms with Gasteiger partial charge < -0.3 is 19.5 Å². The molecule has 6 nitrogen and oxygen atoms in total. The molecule has 0 spiro atoms. The summed E-state index contributed by atoms with van der Waals surface area (Å²) in [7, 11) is 0. The molecule has 6 heteroatoms. The molecule has 1 aliphatic heterocycles. The molecule has 0 radical (unpaired) electrons. The number of aliphatic carboxylic acids is 1. The average molecular weight is 517 g/mol. The number of carboxylic acid groups (broad SMARTS) is 1. The molecule has 2 aromatic carbocycles. The first kappa shape index (κ1) is 27.6. The van der Waals surface area contributed by atoms with E-state index in [1.807, 2.05) is 89.2 Å². The van der Waals surface area contributed by atoms with E-state index in [1.54, 1.807) is 0 Å².